The van der Waals surface area contributed by atoms with Crippen LogP contribution in [0.1, 0.15) is 29.5 Å². The van der Waals surface area contributed by atoms with Crippen LogP contribution in [0, 0.1) is 0 Å². The number of fused-ring (bicyclic) bond motifs is 1. The zero-order valence-electron chi connectivity index (χ0n) is 22.4. The van der Waals surface area contributed by atoms with E-state index in [4.69, 9.17) is 4.74 Å². The largest absolute Gasteiger partial charge is 0.497 e. The molecule has 0 unspecified atom stereocenters. The van der Waals surface area contributed by atoms with E-state index in [1.807, 2.05) is 30.5 Å². The topological polar surface area (TPSA) is 82.7 Å². The summed E-state index contributed by atoms with van der Waals surface area (Å²) < 4.78 is 72.8. The Balaban J connectivity index is 1.39. The molecule has 0 saturated heterocycles. The highest BCUT2D eigenvalue weighted by molar-refractivity contribution is 7.89. The van der Waals surface area contributed by atoms with Crippen LogP contribution in [-0.4, -0.2) is 54.8 Å². The van der Waals surface area contributed by atoms with Gasteiger partial charge in [-0.25, -0.2) is 8.42 Å². The van der Waals surface area contributed by atoms with Crippen LogP contribution in [0.15, 0.2) is 83.9 Å². The fraction of sp³-hybridized carbons (Fsp3) is 0.300. The van der Waals surface area contributed by atoms with Crippen molar-refractivity contribution in [1.29, 1.82) is 0 Å². The molecule has 1 amide bonds. The molecular formula is C30H30F3N3O4S. The summed E-state index contributed by atoms with van der Waals surface area (Å²) in [5, 5.41) is 1.01. The Kier molecular flexibility index (Phi) is 8.10. The number of hydrogen-bond acceptors (Lipinski definition) is 4. The molecule has 216 valence electrons. The molecule has 1 heterocycles. The number of carbonyl (C=O) groups excluding carboxylic acids is 1. The standard InChI is InChI=1S/C30H30F3N3O4S/c1-40-25-12-14-26(15-13-25)41(38,39)36(24-10-11-24)20-29(37)35(19-21-6-8-23(9-7-21)30(31,32)33)17-16-22-18-34-28-5-3-2-4-27(22)28/h2-9,12-15,18,24,34H,10-11,16-17,19-20H2,1H3. The zero-order valence-corrected chi connectivity index (χ0v) is 23.2. The fourth-order valence-corrected chi connectivity index (χ4v) is 6.43. The van der Waals surface area contributed by atoms with E-state index in [0.29, 0.717) is 30.6 Å². The summed E-state index contributed by atoms with van der Waals surface area (Å²) in [7, 11) is -2.49. The maximum atomic E-state index is 13.7. The van der Waals surface area contributed by atoms with Gasteiger partial charge in [0, 0.05) is 36.2 Å². The number of aromatic nitrogens is 1. The quantitative estimate of drug-likeness (QED) is 0.248. The molecule has 1 aromatic heterocycles. The number of H-pyrrole nitrogens is 1. The third-order valence-electron chi connectivity index (χ3n) is 7.24. The van der Waals surface area contributed by atoms with Gasteiger partial charge in [-0.05, 0) is 72.9 Å². The molecule has 1 aliphatic rings. The molecule has 0 spiro atoms. The van der Waals surface area contributed by atoms with Gasteiger partial charge in [0.1, 0.15) is 5.75 Å². The molecule has 11 heteroatoms. The number of amides is 1. The second-order valence-electron chi connectivity index (χ2n) is 10.1. The molecule has 1 saturated carbocycles. The average molecular weight is 586 g/mol. The number of methoxy groups -OCH3 is 1. The number of nitrogens with one attached hydrogen (secondary N) is 1. The van der Waals surface area contributed by atoms with Crippen molar-refractivity contribution in [1.82, 2.24) is 14.2 Å². The number of halogens is 3. The van der Waals surface area contributed by atoms with Crippen molar-refractivity contribution in [3.05, 3.63) is 95.7 Å². The lowest BCUT2D eigenvalue weighted by Crippen LogP contribution is -2.44. The summed E-state index contributed by atoms with van der Waals surface area (Å²) in [6.45, 7) is -0.0727. The van der Waals surface area contributed by atoms with Crippen LogP contribution in [0.4, 0.5) is 13.2 Å². The van der Waals surface area contributed by atoms with Gasteiger partial charge in [0.05, 0.1) is 24.1 Å². The molecule has 7 nitrogen and oxygen atoms in total. The first-order valence-electron chi connectivity index (χ1n) is 13.2. The van der Waals surface area contributed by atoms with Crippen LogP contribution in [0.2, 0.25) is 0 Å². The lowest BCUT2D eigenvalue weighted by Gasteiger charge is -2.27. The number of ether oxygens (including phenoxy) is 1. The van der Waals surface area contributed by atoms with Crippen LogP contribution >= 0.6 is 0 Å². The first kappa shape index (κ1) is 28.7. The molecule has 4 aromatic rings. The van der Waals surface area contributed by atoms with E-state index < -0.39 is 27.7 Å². The number of carbonyl (C=O) groups is 1. The summed E-state index contributed by atoms with van der Waals surface area (Å²) in [5.41, 5.74) is 1.68. The van der Waals surface area contributed by atoms with Crippen LogP contribution in [-0.2, 0) is 34.0 Å². The number of hydrogen-bond donors (Lipinski definition) is 1. The molecule has 41 heavy (non-hydrogen) atoms. The van der Waals surface area contributed by atoms with E-state index in [2.05, 4.69) is 4.98 Å². The Morgan fingerprint density at radius 2 is 1.68 bits per heavy atom. The van der Waals surface area contributed by atoms with Gasteiger partial charge < -0.3 is 14.6 Å². The third-order valence-corrected chi connectivity index (χ3v) is 9.16. The van der Waals surface area contributed by atoms with Gasteiger partial charge in [-0.1, -0.05) is 30.3 Å². The van der Waals surface area contributed by atoms with Crippen molar-refractivity contribution < 1.29 is 31.1 Å². The van der Waals surface area contributed by atoms with Crippen molar-refractivity contribution in [3.8, 4) is 5.75 Å². The van der Waals surface area contributed by atoms with Gasteiger partial charge in [-0.15, -0.1) is 0 Å². The molecule has 0 radical (unpaired) electrons. The summed E-state index contributed by atoms with van der Waals surface area (Å²) in [4.78, 5) is 18.5. The normalized spacial score (nSPS) is 14.0. The summed E-state index contributed by atoms with van der Waals surface area (Å²) in [6.07, 6.45) is -0.821. The van der Waals surface area contributed by atoms with E-state index in [-0.39, 0.29) is 30.6 Å². The molecule has 0 bridgehead atoms. The van der Waals surface area contributed by atoms with Gasteiger partial charge in [0.2, 0.25) is 15.9 Å². The van der Waals surface area contributed by atoms with Gasteiger partial charge >= 0.3 is 6.18 Å². The molecule has 1 aliphatic carbocycles. The summed E-state index contributed by atoms with van der Waals surface area (Å²) in [5.74, 6) is 0.0896. The van der Waals surface area contributed by atoms with Crippen LogP contribution in [0.5, 0.6) is 5.75 Å². The highest BCUT2D eigenvalue weighted by Crippen LogP contribution is 2.33. The Morgan fingerprint density at radius 3 is 2.32 bits per heavy atom. The fourth-order valence-electron chi connectivity index (χ4n) is 4.79. The Bertz CT molecular complexity index is 1610. The monoisotopic (exact) mass is 585 g/mol. The van der Waals surface area contributed by atoms with Crippen molar-refractivity contribution in [2.45, 2.75) is 42.9 Å². The van der Waals surface area contributed by atoms with E-state index in [1.165, 1.54) is 40.6 Å². The van der Waals surface area contributed by atoms with Crippen molar-refractivity contribution in [3.63, 3.8) is 0 Å². The van der Waals surface area contributed by atoms with Crippen molar-refractivity contribution in [2.75, 3.05) is 20.2 Å². The van der Waals surface area contributed by atoms with E-state index in [0.717, 1.165) is 28.6 Å². The highest BCUT2D eigenvalue weighted by Gasteiger charge is 2.40. The van der Waals surface area contributed by atoms with Crippen LogP contribution < -0.4 is 4.74 Å². The minimum Gasteiger partial charge on any atom is -0.497 e. The van der Waals surface area contributed by atoms with Crippen molar-refractivity contribution >= 4 is 26.8 Å². The van der Waals surface area contributed by atoms with Gasteiger partial charge in [0.25, 0.3) is 0 Å². The average Bonchev–Trinajstić information content (AvgIpc) is 3.72. The zero-order chi connectivity index (χ0) is 29.2. The minimum absolute atomic E-state index is 0.0421. The number of alkyl halides is 3. The van der Waals surface area contributed by atoms with E-state index in [9.17, 15) is 26.4 Å². The number of aromatic amines is 1. The summed E-state index contributed by atoms with van der Waals surface area (Å²) >= 11 is 0. The first-order chi connectivity index (χ1) is 19.6. The molecule has 5 rings (SSSR count). The Labute approximate surface area is 236 Å². The molecule has 3 aromatic carbocycles. The van der Waals surface area contributed by atoms with Gasteiger partial charge in [0.15, 0.2) is 0 Å². The molecule has 0 atom stereocenters. The predicted molar refractivity (Wildman–Crippen MR) is 149 cm³/mol. The number of benzene rings is 3. The molecular weight excluding hydrogens is 555 g/mol. The maximum absolute atomic E-state index is 13.7. The van der Waals surface area contributed by atoms with E-state index >= 15 is 0 Å². The number of nitrogens with zero attached hydrogens (tertiary/aromatic N) is 2. The minimum atomic E-state index is -4.47. The number of rotatable bonds is 11. The molecule has 1 N–H and O–H groups in total. The highest BCUT2D eigenvalue weighted by atomic mass is 32.2. The summed E-state index contributed by atoms with van der Waals surface area (Å²) in [6, 6.07) is 18.1. The molecule has 1 fully saturated rings. The lowest BCUT2D eigenvalue weighted by atomic mass is 10.1. The van der Waals surface area contributed by atoms with Crippen molar-refractivity contribution in [2.24, 2.45) is 0 Å². The van der Waals surface area contributed by atoms with E-state index in [1.54, 1.807) is 12.1 Å². The maximum Gasteiger partial charge on any atom is 0.416 e. The van der Waals surface area contributed by atoms with Gasteiger partial charge in [-0.2, -0.15) is 17.5 Å². The lowest BCUT2D eigenvalue weighted by molar-refractivity contribution is -0.137. The molecule has 0 aliphatic heterocycles. The Hall–Kier alpha value is -3.83. The Morgan fingerprint density at radius 1 is 1.00 bits per heavy atom. The first-order valence-corrected chi connectivity index (χ1v) is 14.6. The second kappa shape index (κ2) is 11.6. The van der Waals surface area contributed by atoms with Gasteiger partial charge in [-0.3, -0.25) is 4.79 Å². The third kappa shape index (κ3) is 6.57. The van der Waals surface area contributed by atoms with Crippen LogP contribution in [0.3, 0.4) is 0 Å². The SMILES string of the molecule is COc1ccc(S(=O)(=O)N(CC(=O)N(CCc2c[nH]c3ccccc23)Cc2ccc(C(F)(F)F)cc2)C2CC2)cc1. The smallest absolute Gasteiger partial charge is 0.416 e. The number of sulfonamides is 1. The number of para-hydroxylation sites is 1. The second-order valence-corrected chi connectivity index (χ2v) is 12.0. The predicted octanol–water partition coefficient (Wildman–Crippen LogP) is 5.62. The van der Waals surface area contributed by atoms with Crippen LogP contribution in [0.25, 0.3) is 10.9 Å².